The van der Waals surface area contributed by atoms with Crippen molar-refractivity contribution >= 4 is 39.1 Å². The number of hydrogen-bond donors (Lipinski definition) is 1. The molecule has 224 valence electrons. The Balaban J connectivity index is 1.81. The van der Waals surface area contributed by atoms with Crippen LogP contribution in [0, 0.1) is 6.92 Å². The van der Waals surface area contributed by atoms with Crippen LogP contribution >= 0.6 is 11.6 Å². The molecule has 0 aliphatic heterocycles. The third-order valence-electron chi connectivity index (χ3n) is 6.94. The monoisotopic (exact) mass is 617 g/mol. The smallest absolute Gasteiger partial charge is 0.264 e. The van der Waals surface area contributed by atoms with E-state index in [0.717, 1.165) is 15.4 Å². The molecule has 4 rings (SSSR count). The van der Waals surface area contributed by atoms with E-state index >= 15 is 0 Å². The topological polar surface area (TPSA) is 86.8 Å². The Morgan fingerprint density at radius 2 is 1.37 bits per heavy atom. The fourth-order valence-electron chi connectivity index (χ4n) is 4.85. The van der Waals surface area contributed by atoms with Gasteiger partial charge in [-0.2, -0.15) is 0 Å². The lowest BCUT2D eigenvalue weighted by Gasteiger charge is -2.34. The van der Waals surface area contributed by atoms with Crippen LogP contribution in [0.3, 0.4) is 0 Å². The number of hydrogen-bond acceptors (Lipinski definition) is 4. The molecule has 7 nitrogen and oxygen atoms in total. The lowest BCUT2D eigenvalue weighted by Crippen LogP contribution is -2.54. The highest BCUT2D eigenvalue weighted by Gasteiger charge is 2.35. The van der Waals surface area contributed by atoms with Crippen molar-refractivity contribution in [1.82, 2.24) is 10.2 Å². The van der Waals surface area contributed by atoms with Crippen molar-refractivity contribution in [1.29, 1.82) is 0 Å². The summed E-state index contributed by atoms with van der Waals surface area (Å²) in [7, 11) is -4.17. The number of benzene rings is 4. The van der Waals surface area contributed by atoms with Crippen molar-refractivity contribution < 1.29 is 18.0 Å². The zero-order valence-corrected chi connectivity index (χ0v) is 26.1. The molecular formula is C34H36ClN3O4S. The third-order valence-corrected chi connectivity index (χ3v) is 8.94. The zero-order valence-electron chi connectivity index (χ0n) is 24.5. The van der Waals surface area contributed by atoms with E-state index in [9.17, 15) is 18.0 Å². The van der Waals surface area contributed by atoms with E-state index in [1.54, 1.807) is 43.3 Å². The second kappa shape index (κ2) is 14.4. The first-order valence-electron chi connectivity index (χ1n) is 14.1. The highest BCUT2D eigenvalue weighted by atomic mass is 35.5. The summed E-state index contributed by atoms with van der Waals surface area (Å²) in [4.78, 5) is 29.7. The number of nitrogens with zero attached hydrogens (tertiary/aromatic N) is 2. The van der Waals surface area contributed by atoms with Gasteiger partial charge in [0.15, 0.2) is 0 Å². The highest BCUT2D eigenvalue weighted by molar-refractivity contribution is 7.92. The molecular weight excluding hydrogens is 582 g/mol. The standard InChI is InChI=1S/C34H36ClN3O4S/c1-25(2)36-34(40)32(22-27-13-7-4-8-14-27)37(23-28-15-9-5-10-16-28)33(39)24-38(31-20-19-29(35)21-26(31)3)43(41,42)30-17-11-6-12-18-30/h4-21,25,32H,22-24H2,1-3H3,(H,36,40). The van der Waals surface area contributed by atoms with Crippen molar-refractivity contribution in [3.05, 3.63) is 131 Å². The molecule has 0 fully saturated rings. The van der Waals surface area contributed by atoms with Crippen molar-refractivity contribution in [3.63, 3.8) is 0 Å². The first-order chi connectivity index (χ1) is 20.6. The van der Waals surface area contributed by atoms with Crippen LogP contribution in [0.2, 0.25) is 5.02 Å². The van der Waals surface area contributed by atoms with Crippen LogP contribution in [-0.4, -0.2) is 43.8 Å². The number of amides is 2. The molecule has 9 heteroatoms. The Hall–Kier alpha value is -4.14. The quantitative estimate of drug-likeness (QED) is 0.211. The third kappa shape index (κ3) is 8.24. The maximum Gasteiger partial charge on any atom is 0.264 e. The normalized spacial score (nSPS) is 12.0. The van der Waals surface area contributed by atoms with Gasteiger partial charge in [0.1, 0.15) is 12.6 Å². The van der Waals surface area contributed by atoms with Crippen molar-refractivity contribution in [2.75, 3.05) is 10.8 Å². The lowest BCUT2D eigenvalue weighted by atomic mass is 10.0. The van der Waals surface area contributed by atoms with Crippen LogP contribution in [0.15, 0.2) is 114 Å². The predicted molar refractivity (Wildman–Crippen MR) is 171 cm³/mol. The van der Waals surface area contributed by atoms with E-state index in [4.69, 9.17) is 11.6 Å². The molecule has 0 heterocycles. The van der Waals surface area contributed by atoms with Gasteiger partial charge < -0.3 is 10.2 Å². The molecule has 0 spiro atoms. The van der Waals surface area contributed by atoms with Gasteiger partial charge in [0, 0.05) is 24.0 Å². The molecule has 0 aromatic heterocycles. The maximum atomic E-state index is 14.4. The van der Waals surface area contributed by atoms with Crippen molar-refractivity contribution in [2.45, 2.75) is 50.7 Å². The Morgan fingerprint density at radius 3 is 1.93 bits per heavy atom. The van der Waals surface area contributed by atoms with E-state index in [1.807, 2.05) is 74.5 Å². The minimum absolute atomic E-state index is 0.0464. The minimum Gasteiger partial charge on any atom is -0.352 e. The minimum atomic E-state index is -4.17. The summed E-state index contributed by atoms with van der Waals surface area (Å²) in [5, 5.41) is 3.41. The number of aryl methyl sites for hydroxylation is 1. The number of carbonyl (C=O) groups excluding carboxylic acids is 2. The first-order valence-corrected chi connectivity index (χ1v) is 15.9. The van der Waals surface area contributed by atoms with Gasteiger partial charge in [-0.05, 0) is 67.8 Å². The van der Waals surface area contributed by atoms with E-state index in [2.05, 4.69) is 5.32 Å². The molecule has 43 heavy (non-hydrogen) atoms. The molecule has 4 aromatic carbocycles. The molecule has 0 saturated heterocycles. The summed E-state index contributed by atoms with van der Waals surface area (Å²) in [6.07, 6.45) is 0.253. The van der Waals surface area contributed by atoms with Gasteiger partial charge in [0.25, 0.3) is 10.0 Å². The number of halogens is 1. The predicted octanol–water partition coefficient (Wildman–Crippen LogP) is 6.01. The van der Waals surface area contributed by atoms with Crippen LogP contribution in [0.4, 0.5) is 5.69 Å². The van der Waals surface area contributed by atoms with E-state index in [1.165, 1.54) is 17.0 Å². The fraction of sp³-hybridized carbons (Fsp3) is 0.235. The Bertz CT molecular complexity index is 1630. The molecule has 1 atom stereocenters. The average molecular weight is 618 g/mol. The maximum absolute atomic E-state index is 14.4. The number of sulfonamides is 1. The largest absolute Gasteiger partial charge is 0.352 e. The van der Waals surface area contributed by atoms with Crippen molar-refractivity contribution in [3.8, 4) is 0 Å². The Kier molecular flexibility index (Phi) is 10.6. The molecule has 1 unspecified atom stereocenters. The van der Waals surface area contributed by atoms with Crippen LogP contribution < -0.4 is 9.62 Å². The number of rotatable bonds is 12. The van der Waals surface area contributed by atoms with E-state index < -0.39 is 28.5 Å². The summed E-state index contributed by atoms with van der Waals surface area (Å²) >= 11 is 6.21. The van der Waals surface area contributed by atoms with Gasteiger partial charge in [-0.3, -0.25) is 13.9 Å². The van der Waals surface area contributed by atoms with Gasteiger partial charge in [0.2, 0.25) is 11.8 Å². The molecule has 0 bridgehead atoms. The first kappa shape index (κ1) is 31.8. The molecule has 0 radical (unpaired) electrons. The van der Waals surface area contributed by atoms with Crippen LogP contribution in [0.5, 0.6) is 0 Å². The average Bonchev–Trinajstić information content (AvgIpc) is 2.99. The Labute approximate surface area is 259 Å². The molecule has 0 saturated carbocycles. The fourth-order valence-corrected chi connectivity index (χ4v) is 6.57. The van der Waals surface area contributed by atoms with Crippen LogP contribution in [-0.2, 0) is 32.6 Å². The summed E-state index contributed by atoms with van der Waals surface area (Å²) < 4.78 is 29.2. The molecule has 2 amide bonds. The van der Waals surface area contributed by atoms with Gasteiger partial charge in [-0.1, -0.05) is 90.5 Å². The van der Waals surface area contributed by atoms with Gasteiger partial charge >= 0.3 is 0 Å². The molecule has 1 N–H and O–H groups in total. The SMILES string of the molecule is Cc1cc(Cl)ccc1N(CC(=O)N(Cc1ccccc1)C(Cc1ccccc1)C(=O)NC(C)C)S(=O)(=O)c1ccccc1. The molecule has 4 aromatic rings. The van der Waals surface area contributed by atoms with Crippen LogP contribution in [0.1, 0.15) is 30.5 Å². The van der Waals surface area contributed by atoms with Gasteiger partial charge in [0.05, 0.1) is 10.6 Å². The lowest BCUT2D eigenvalue weighted by molar-refractivity contribution is -0.140. The summed E-state index contributed by atoms with van der Waals surface area (Å²) in [6.45, 7) is 5.06. The zero-order chi connectivity index (χ0) is 31.0. The summed E-state index contributed by atoms with van der Waals surface area (Å²) in [5.41, 5.74) is 2.60. The Morgan fingerprint density at radius 1 is 0.814 bits per heavy atom. The summed E-state index contributed by atoms with van der Waals surface area (Å²) in [6, 6.07) is 30.6. The number of carbonyl (C=O) groups is 2. The van der Waals surface area contributed by atoms with Crippen molar-refractivity contribution in [2.24, 2.45) is 0 Å². The molecule has 0 aliphatic rings. The van der Waals surface area contributed by atoms with Gasteiger partial charge in [-0.15, -0.1) is 0 Å². The van der Waals surface area contributed by atoms with E-state index in [-0.39, 0.29) is 29.8 Å². The highest BCUT2D eigenvalue weighted by Crippen LogP contribution is 2.29. The number of anilines is 1. The second-order valence-corrected chi connectivity index (χ2v) is 12.9. The summed E-state index contributed by atoms with van der Waals surface area (Å²) in [5.74, 6) is -0.833. The van der Waals surface area contributed by atoms with Gasteiger partial charge in [-0.25, -0.2) is 8.42 Å². The van der Waals surface area contributed by atoms with Crippen LogP contribution in [0.25, 0.3) is 0 Å². The van der Waals surface area contributed by atoms with E-state index in [0.29, 0.717) is 16.3 Å². The second-order valence-electron chi connectivity index (χ2n) is 10.6. The molecule has 0 aliphatic carbocycles. The number of nitrogens with one attached hydrogen (secondary N) is 1.